The highest BCUT2D eigenvalue weighted by Crippen LogP contribution is 2.36. The summed E-state index contributed by atoms with van der Waals surface area (Å²) in [6.07, 6.45) is 4.27. The maximum Gasteiger partial charge on any atom is 0.300 e. The zero-order valence-electron chi connectivity index (χ0n) is 12.0. The molecule has 120 valence electrons. The molecule has 1 heterocycles. The van der Waals surface area contributed by atoms with Gasteiger partial charge in [0, 0.05) is 12.1 Å². The molecule has 0 aromatic carbocycles. The Morgan fingerprint density at radius 3 is 2.52 bits per heavy atom. The average Bonchev–Trinajstić information content (AvgIpc) is 2.79. The van der Waals surface area contributed by atoms with Gasteiger partial charge in [-0.15, -0.1) is 11.3 Å². The van der Waals surface area contributed by atoms with Gasteiger partial charge in [0.25, 0.3) is 15.7 Å². The molecule has 1 rings (SSSR count). The third kappa shape index (κ3) is 5.21. The van der Waals surface area contributed by atoms with Crippen molar-refractivity contribution in [1.82, 2.24) is 4.72 Å². The molecule has 21 heavy (non-hydrogen) atoms. The molecule has 0 bridgehead atoms. The molecule has 6 nitrogen and oxygen atoms in total. The first kappa shape index (κ1) is 18.3. The molecule has 0 amide bonds. The molecule has 1 atom stereocenters. The molecule has 1 unspecified atom stereocenters. The zero-order chi connectivity index (χ0) is 16.0. The predicted molar refractivity (Wildman–Crippen MR) is 84.5 cm³/mol. The van der Waals surface area contributed by atoms with Crippen LogP contribution in [0.4, 0.5) is 5.69 Å². The van der Waals surface area contributed by atoms with Crippen LogP contribution in [0.25, 0.3) is 0 Å². The molecule has 1 aromatic heterocycles. The van der Waals surface area contributed by atoms with Crippen LogP contribution in [-0.4, -0.2) is 19.4 Å². The number of thiophene rings is 1. The van der Waals surface area contributed by atoms with E-state index in [1.165, 1.54) is 0 Å². The molecule has 1 N–H and O–H groups in total. The van der Waals surface area contributed by atoms with Gasteiger partial charge in [-0.3, -0.25) is 10.1 Å². The van der Waals surface area contributed by atoms with Crippen LogP contribution in [-0.2, 0) is 10.0 Å². The quantitative estimate of drug-likeness (QED) is 0.537. The third-order valence-corrected chi connectivity index (χ3v) is 6.30. The van der Waals surface area contributed by atoms with E-state index in [0.717, 1.165) is 38.2 Å². The number of halogens is 1. The largest absolute Gasteiger partial charge is 0.300 e. The molecular weight excluding hydrogens is 336 g/mol. The first-order valence-electron chi connectivity index (χ1n) is 6.77. The normalized spacial score (nSPS) is 13.3. The average molecular weight is 355 g/mol. The Morgan fingerprint density at radius 2 is 2.05 bits per heavy atom. The van der Waals surface area contributed by atoms with E-state index in [4.69, 9.17) is 11.6 Å². The van der Waals surface area contributed by atoms with Gasteiger partial charge in [0.1, 0.15) is 4.21 Å². The van der Waals surface area contributed by atoms with Crippen LogP contribution in [0.15, 0.2) is 10.3 Å². The second-order valence-electron chi connectivity index (χ2n) is 4.73. The van der Waals surface area contributed by atoms with Crippen LogP contribution in [0.2, 0.25) is 4.34 Å². The van der Waals surface area contributed by atoms with Gasteiger partial charge >= 0.3 is 0 Å². The molecule has 0 radical (unpaired) electrons. The standard InChI is InChI=1S/C12H19ClN2O4S2/c1-3-5-7-9(6-4-2)14-21(18,19)11-8-10(15(16)17)12(13)20-11/h8-9,14H,3-7H2,1-2H3. The van der Waals surface area contributed by atoms with Crippen molar-refractivity contribution in [3.63, 3.8) is 0 Å². The molecule has 0 spiro atoms. The molecule has 0 aliphatic carbocycles. The maximum atomic E-state index is 12.3. The van der Waals surface area contributed by atoms with Gasteiger partial charge < -0.3 is 0 Å². The summed E-state index contributed by atoms with van der Waals surface area (Å²) in [7, 11) is -3.77. The summed E-state index contributed by atoms with van der Waals surface area (Å²) in [6, 6.07) is 0.859. The Morgan fingerprint density at radius 1 is 1.38 bits per heavy atom. The van der Waals surface area contributed by atoms with E-state index in [2.05, 4.69) is 4.72 Å². The molecule has 0 saturated carbocycles. The lowest BCUT2D eigenvalue weighted by Crippen LogP contribution is -2.34. The summed E-state index contributed by atoms with van der Waals surface area (Å²) < 4.78 is 27.0. The third-order valence-electron chi connectivity index (χ3n) is 2.97. The molecule has 0 fully saturated rings. The van der Waals surface area contributed by atoms with Crippen LogP contribution < -0.4 is 4.72 Å². The first-order valence-corrected chi connectivity index (χ1v) is 9.45. The summed E-state index contributed by atoms with van der Waals surface area (Å²) in [4.78, 5) is 10.1. The number of nitrogens with one attached hydrogen (secondary N) is 1. The smallest absolute Gasteiger partial charge is 0.258 e. The monoisotopic (exact) mass is 354 g/mol. The lowest BCUT2D eigenvalue weighted by atomic mass is 10.1. The minimum atomic E-state index is -3.77. The van der Waals surface area contributed by atoms with Crippen molar-refractivity contribution in [2.45, 2.75) is 56.2 Å². The van der Waals surface area contributed by atoms with Crippen LogP contribution in [0.3, 0.4) is 0 Å². The Bertz CT molecular complexity index is 586. The van der Waals surface area contributed by atoms with Gasteiger partial charge in [-0.1, -0.05) is 44.7 Å². The Labute approximate surface area is 133 Å². The number of nitrogens with zero attached hydrogens (tertiary/aromatic N) is 1. The highest BCUT2D eigenvalue weighted by atomic mass is 35.5. The van der Waals surface area contributed by atoms with E-state index in [1.54, 1.807) is 0 Å². The van der Waals surface area contributed by atoms with Crippen LogP contribution in [0, 0.1) is 10.1 Å². The van der Waals surface area contributed by atoms with Crippen LogP contribution >= 0.6 is 22.9 Å². The minimum absolute atomic E-state index is 0.114. The number of nitro groups is 1. The van der Waals surface area contributed by atoms with Crippen LogP contribution in [0.1, 0.15) is 46.0 Å². The van der Waals surface area contributed by atoms with Gasteiger partial charge in [0.2, 0.25) is 0 Å². The highest BCUT2D eigenvalue weighted by Gasteiger charge is 2.27. The van der Waals surface area contributed by atoms with Gasteiger partial charge in [-0.2, -0.15) is 0 Å². The van der Waals surface area contributed by atoms with Crippen molar-refractivity contribution < 1.29 is 13.3 Å². The summed E-state index contributed by atoms with van der Waals surface area (Å²) in [5, 5.41) is 10.7. The van der Waals surface area contributed by atoms with Crippen LogP contribution in [0.5, 0.6) is 0 Å². The topological polar surface area (TPSA) is 89.3 Å². The van der Waals surface area contributed by atoms with E-state index in [9.17, 15) is 18.5 Å². The number of rotatable bonds is 9. The fraction of sp³-hybridized carbons (Fsp3) is 0.667. The van der Waals surface area contributed by atoms with E-state index in [1.807, 2.05) is 13.8 Å². The van der Waals surface area contributed by atoms with Gasteiger partial charge in [0.05, 0.1) is 4.92 Å². The van der Waals surface area contributed by atoms with Crippen molar-refractivity contribution in [2.24, 2.45) is 0 Å². The highest BCUT2D eigenvalue weighted by molar-refractivity contribution is 7.91. The summed E-state index contributed by atoms with van der Waals surface area (Å²) in [5.74, 6) is 0. The van der Waals surface area contributed by atoms with Crippen molar-refractivity contribution in [3.05, 3.63) is 20.5 Å². The van der Waals surface area contributed by atoms with Gasteiger partial charge in [-0.25, -0.2) is 13.1 Å². The summed E-state index contributed by atoms with van der Waals surface area (Å²) in [6.45, 7) is 4.03. The predicted octanol–water partition coefficient (Wildman–Crippen LogP) is 3.95. The second-order valence-corrected chi connectivity index (χ2v) is 8.33. The number of hydrogen-bond acceptors (Lipinski definition) is 5. The second kappa shape index (κ2) is 8.07. The maximum absolute atomic E-state index is 12.3. The lowest BCUT2D eigenvalue weighted by Gasteiger charge is -2.17. The number of hydrogen-bond donors (Lipinski definition) is 1. The fourth-order valence-electron chi connectivity index (χ4n) is 1.93. The number of sulfonamides is 1. The van der Waals surface area contributed by atoms with Gasteiger partial charge in [-0.05, 0) is 12.8 Å². The van der Waals surface area contributed by atoms with Crippen molar-refractivity contribution >= 4 is 38.6 Å². The Hall–Kier alpha value is -0.700. The molecule has 0 aliphatic rings. The Balaban J connectivity index is 2.93. The van der Waals surface area contributed by atoms with E-state index < -0.39 is 14.9 Å². The molecule has 0 aliphatic heterocycles. The number of unbranched alkanes of at least 4 members (excludes halogenated alkanes) is 1. The molecular formula is C12H19ClN2O4S2. The zero-order valence-corrected chi connectivity index (χ0v) is 14.4. The van der Waals surface area contributed by atoms with Crippen molar-refractivity contribution in [1.29, 1.82) is 0 Å². The van der Waals surface area contributed by atoms with E-state index in [0.29, 0.717) is 11.3 Å². The molecule has 9 heteroatoms. The van der Waals surface area contributed by atoms with E-state index >= 15 is 0 Å². The van der Waals surface area contributed by atoms with Gasteiger partial charge in [0.15, 0.2) is 4.34 Å². The lowest BCUT2D eigenvalue weighted by molar-refractivity contribution is -0.384. The molecule has 0 saturated heterocycles. The Kier molecular flexibility index (Phi) is 7.05. The van der Waals surface area contributed by atoms with E-state index in [-0.39, 0.29) is 20.3 Å². The summed E-state index contributed by atoms with van der Waals surface area (Å²) >= 11 is 6.42. The summed E-state index contributed by atoms with van der Waals surface area (Å²) in [5.41, 5.74) is -0.373. The molecule has 1 aromatic rings. The fourth-order valence-corrected chi connectivity index (χ4v) is 4.92. The first-order chi connectivity index (χ1) is 9.81. The van der Waals surface area contributed by atoms with Crippen molar-refractivity contribution in [3.8, 4) is 0 Å². The SMILES string of the molecule is CCCCC(CCC)NS(=O)(=O)c1cc([N+](=O)[O-])c(Cl)s1. The minimum Gasteiger partial charge on any atom is -0.258 e. The van der Waals surface area contributed by atoms with Crippen molar-refractivity contribution in [2.75, 3.05) is 0 Å².